The summed E-state index contributed by atoms with van der Waals surface area (Å²) in [4.78, 5) is 5.10. The third-order valence-electron chi connectivity index (χ3n) is 12.6. The van der Waals surface area contributed by atoms with E-state index < -0.39 is 0 Å². The number of rotatable bonds is 0. The van der Waals surface area contributed by atoms with Crippen molar-refractivity contribution < 1.29 is 14.2 Å². The monoisotopic (exact) mass is 470 g/mol. The molecule has 0 N–H and O–H groups in total. The number of hydrogen-bond acceptors (Lipinski definition) is 5. The number of hydrogen-bond donors (Lipinski definition) is 0. The Hall–Kier alpha value is -0.460. The Labute approximate surface area is 206 Å². The van der Waals surface area contributed by atoms with E-state index in [1.165, 1.54) is 38.5 Å². The molecule has 7 rings (SSSR count). The molecule has 0 aromatic carbocycles. The molecule has 0 radical (unpaired) electrons. The van der Waals surface area contributed by atoms with Gasteiger partial charge in [-0.05, 0) is 75.8 Å². The smallest absolute Gasteiger partial charge is 0.172 e. The second-order valence-corrected chi connectivity index (χ2v) is 13.7. The molecule has 0 aromatic heterocycles. The van der Waals surface area contributed by atoms with Crippen molar-refractivity contribution in [3.8, 4) is 0 Å². The van der Waals surface area contributed by atoms with Gasteiger partial charge >= 0.3 is 0 Å². The Morgan fingerprint density at radius 3 is 2.38 bits per heavy atom. The first-order valence-electron chi connectivity index (χ1n) is 14.3. The lowest BCUT2D eigenvalue weighted by Crippen LogP contribution is -2.57. The summed E-state index contributed by atoms with van der Waals surface area (Å²) in [7, 11) is 4.61. The fourth-order valence-corrected chi connectivity index (χ4v) is 10.3. The molecule has 0 aromatic rings. The molecular weight excluding hydrogens is 424 g/mol. The second-order valence-electron chi connectivity index (χ2n) is 13.7. The molecule has 0 bridgehead atoms. The summed E-state index contributed by atoms with van der Waals surface area (Å²) in [6.07, 6.45) is 14.8. The summed E-state index contributed by atoms with van der Waals surface area (Å²) >= 11 is 0. The van der Waals surface area contributed by atoms with Gasteiger partial charge in [-0.25, -0.2) is 0 Å². The summed E-state index contributed by atoms with van der Waals surface area (Å²) in [5.41, 5.74) is 2.33. The van der Waals surface area contributed by atoms with Crippen LogP contribution in [0.1, 0.15) is 78.1 Å². The highest BCUT2D eigenvalue weighted by Crippen LogP contribution is 2.70. The standard InChI is InChI=1S/C29H46N2O3/c1-25-11-12-29(32-17-18-33-29)19-21(25)5-6-22-23(25)7-9-26(2)24(22)8-10-27(26)20-31(4)28(34-27)13-15-30(3)16-14-28/h5,22-24H,6-20H2,1-4H3/t22?,23?,24?,25-,26-,27-/m0/s1. The predicted octanol–water partition coefficient (Wildman–Crippen LogP) is 4.82. The number of allylic oxidation sites excluding steroid dienone is 1. The largest absolute Gasteiger partial charge is 0.352 e. The van der Waals surface area contributed by atoms with Gasteiger partial charge in [0.2, 0.25) is 0 Å². The fourth-order valence-electron chi connectivity index (χ4n) is 10.3. The van der Waals surface area contributed by atoms with Gasteiger partial charge in [0.15, 0.2) is 5.79 Å². The molecule has 4 aliphatic carbocycles. The lowest BCUT2D eigenvalue weighted by molar-refractivity contribution is -0.207. The number of ether oxygens (including phenoxy) is 3. The van der Waals surface area contributed by atoms with Crippen LogP contribution in [0.2, 0.25) is 0 Å². The Balaban J connectivity index is 1.16. The molecule has 3 saturated carbocycles. The molecule has 6 fully saturated rings. The molecule has 3 saturated heterocycles. The Morgan fingerprint density at radius 1 is 0.882 bits per heavy atom. The van der Waals surface area contributed by atoms with E-state index in [4.69, 9.17) is 14.2 Å². The molecule has 5 heteroatoms. The van der Waals surface area contributed by atoms with E-state index in [1.807, 2.05) is 0 Å². The summed E-state index contributed by atoms with van der Waals surface area (Å²) in [5.74, 6) is 2.12. The molecule has 3 spiro atoms. The second kappa shape index (κ2) is 7.31. The number of likely N-dealkylation sites (N-methyl/N-ethyl adjacent to an activating group) is 1. The van der Waals surface area contributed by atoms with E-state index >= 15 is 0 Å². The molecule has 6 atom stereocenters. The van der Waals surface area contributed by atoms with Crippen LogP contribution in [0, 0.1) is 28.6 Å². The number of likely N-dealkylation sites (tertiary alicyclic amines) is 1. The maximum Gasteiger partial charge on any atom is 0.172 e. The predicted molar refractivity (Wildman–Crippen MR) is 132 cm³/mol. The van der Waals surface area contributed by atoms with Gasteiger partial charge in [-0.15, -0.1) is 0 Å². The average Bonchev–Trinajstić information content (AvgIpc) is 3.47. The first-order valence-corrected chi connectivity index (χ1v) is 14.3. The molecule has 3 unspecified atom stereocenters. The summed E-state index contributed by atoms with van der Waals surface area (Å²) in [6, 6.07) is 0. The third kappa shape index (κ3) is 2.85. The van der Waals surface area contributed by atoms with Crippen molar-refractivity contribution in [3.63, 3.8) is 0 Å². The van der Waals surface area contributed by atoms with Crippen molar-refractivity contribution in [2.24, 2.45) is 28.6 Å². The van der Waals surface area contributed by atoms with Crippen LogP contribution >= 0.6 is 0 Å². The number of piperidine rings is 1. The van der Waals surface area contributed by atoms with Crippen molar-refractivity contribution in [2.75, 3.05) is 46.9 Å². The first kappa shape index (κ1) is 22.7. The van der Waals surface area contributed by atoms with Crippen LogP contribution in [-0.2, 0) is 14.2 Å². The zero-order valence-electron chi connectivity index (χ0n) is 22.0. The Bertz CT molecular complexity index is 875. The number of nitrogens with zero attached hydrogens (tertiary/aromatic N) is 2. The van der Waals surface area contributed by atoms with Gasteiger partial charge in [0.1, 0.15) is 5.72 Å². The summed E-state index contributed by atoms with van der Waals surface area (Å²) < 4.78 is 19.7. The van der Waals surface area contributed by atoms with Crippen LogP contribution in [-0.4, -0.2) is 73.9 Å². The van der Waals surface area contributed by atoms with E-state index in [0.29, 0.717) is 10.8 Å². The van der Waals surface area contributed by atoms with Crippen molar-refractivity contribution in [3.05, 3.63) is 11.6 Å². The summed E-state index contributed by atoms with van der Waals surface area (Å²) in [5, 5.41) is 0. The normalized spacial score (nSPS) is 49.9. The van der Waals surface area contributed by atoms with Crippen molar-refractivity contribution >= 4 is 0 Å². The van der Waals surface area contributed by atoms with Crippen molar-refractivity contribution in [2.45, 2.75) is 95.2 Å². The third-order valence-corrected chi connectivity index (χ3v) is 12.6. The van der Waals surface area contributed by atoms with Crippen LogP contribution in [0.25, 0.3) is 0 Å². The molecular formula is C29H46N2O3. The molecule has 3 heterocycles. The van der Waals surface area contributed by atoms with E-state index in [9.17, 15) is 0 Å². The van der Waals surface area contributed by atoms with E-state index in [-0.39, 0.29) is 17.1 Å². The SMILES string of the molecule is CN1CCC2(CC1)O[C@@]1(CCC3C4CC=C5CC6(CC[C@]5(C)C4CC[C@@]31C)OCCO6)CN2C. The van der Waals surface area contributed by atoms with Gasteiger partial charge in [-0.2, -0.15) is 0 Å². The zero-order valence-corrected chi connectivity index (χ0v) is 22.0. The topological polar surface area (TPSA) is 34.2 Å². The number of fused-ring (bicyclic) bond motifs is 6. The van der Waals surface area contributed by atoms with Crippen LogP contribution in [0.3, 0.4) is 0 Å². The van der Waals surface area contributed by atoms with Gasteiger partial charge in [0.05, 0.1) is 18.8 Å². The van der Waals surface area contributed by atoms with Crippen LogP contribution in [0.4, 0.5) is 0 Å². The van der Waals surface area contributed by atoms with Crippen LogP contribution in [0.15, 0.2) is 11.6 Å². The minimum absolute atomic E-state index is 0.0220. The first-order chi connectivity index (χ1) is 16.2. The van der Waals surface area contributed by atoms with E-state index in [2.05, 4.69) is 43.8 Å². The lowest BCUT2D eigenvalue weighted by Gasteiger charge is -2.60. The maximum absolute atomic E-state index is 7.40. The molecule has 190 valence electrons. The minimum Gasteiger partial charge on any atom is -0.352 e. The van der Waals surface area contributed by atoms with E-state index in [0.717, 1.165) is 76.3 Å². The van der Waals surface area contributed by atoms with Crippen LogP contribution in [0.5, 0.6) is 0 Å². The highest BCUT2D eigenvalue weighted by molar-refractivity contribution is 5.28. The minimum atomic E-state index is -0.302. The summed E-state index contributed by atoms with van der Waals surface area (Å²) in [6.45, 7) is 10.2. The van der Waals surface area contributed by atoms with E-state index in [1.54, 1.807) is 5.57 Å². The molecule has 34 heavy (non-hydrogen) atoms. The molecule has 5 nitrogen and oxygen atoms in total. The Kier molecular flexibility index (Phi) is 4.88. The van der Waals surface area contributed by atoms with Gasteiger partial charge in [-0.1, -0.05) is 25.5 Å². The lowest BCUT2D eigenvalue weighted by atomic mass is 9.46. The average molecular weight is 471 g/mol. The van der Waals surface area contributed by atoms with Gasteiger partial charge in [0.25, 0.3) is 0 Å². The maximum atomic E-state index is 7.40. The highest BCUT2D eigenvalue weighted by atomic mass is 16.7. The van der Waals surface area contributed by atoms with Gasteiger partial charge in [0, 0.05) is 50.7 Å². The fraction of sp³-hybridized carbons (Fsp3) is 0.931. The van der Waals surface area contributed by atoms with Gasteiger partial charge in [-0.3, -0.25) is 4.90 Å². The van der Waals surface area contributed by atoms with Gasteiger partial charge < -0.3 is 19.1 Å². The quantitative estimate of drug-likeness (QED) is 0.475. The Morgan fingerprint density at radius 2 is 1.62 bits per heavy atom. The molecule has 0 amide bonds. The zero-order chi connectivity index (χ0) is 23.4. The van der Waals surface area contributed by atoms with Crippen LogP contribution < -0.4 is 0 Å². The molecule has 3 aliphatic heterocycles. The van der Waals surface area contributed by atoms with Crippen molar-refractivity contribution in [1.29, 1.82) is 0 Å². The van der Waals surface area contributed by atoms with Crippen molar-refractivity contribution in [1.82, 2.24) is 9.80 Å². The highest BCUT2D eigenvalue weighted by Gasteiger charge is 2.69. The molecule has 7 aliphatic rings.